The second kappa shape index (κ2) is 4.49. The summed E-state index contributed by atoms with van der Waals surface area (Å²) in [5.41, 5.74) is 8.44. The molecule has 2 heterocycles. The molecule has 0 aliphatic carbocycles. The third kappa shape index (κ3) is 2.30. The Morgan fingerprint density at radius 2 is 2.19 bits per heavy atom. The van der Waals surface area contributed by atoms with E-state index in [1.54, 1.807) is 24.7 Å². The van der Waals surface area contributed by atoms with Gasteiger partial charge in [0.2, 0.25) is 0 Å². The predicted molar refractivity (Wildman–Crippen MR) is 68.6 cm³/mol. The lowest BCUT2D eigenvalue weighted by Gasteiger charge is -2.09. The monoisotopic (exact) mass is 278 g/mol. The van der Waals surface area contributed by atoms with E-state index in [4.69, 9.17) is 5.73 Å². The molecule has 0 saturated carbocycles. The van der Waals surface area contributed by atoms with Crippen molar-refractivity contribution in [1.29, 1.82) is 0 Å². The molecule has 82 valence electrons. The fraction of sp³-hybridized carbons (Fsp3) is 0.0909. The Hall–Kier alpha value is -1.62. The van der Waals surface area contributed by atoms with Crippen LogP contribution in [0.2, 0.25) is 0 Å². The Balaban J connectivity index is 2.31. The molecule has 5 heteroatoms. The summed E-state index contributed by atoms with van der Waals surface area (Å²) >= 11 is 3.31. The number of anilines is 3. The van der Waals surface area contributed by atoms with Crippen molar-refractivity contribution in [3.63, 3.8) is 0 Å². The van der Waals surface area contributed by atoms with E-state index in [-0.39, 0.29) is 0 Å². The normalized spacial score (nSPS) is 10.1. The van der Waals surface area contributed by atoms with E-state index in [1.807, 2.05) is 13.0 Å². The summed E-state index contributed by atoms with van der Waals surface area (Å²) < 4.78 is 0.860. The molecule has 0 saturated heterocycles. The van der Waals surface area contributed by atoms with E-state index in [9.17, 15) is 0 Å². The molecule has 0 unspecified atom stereocenters. The van der Waals surface area contributed by atoms with Crippen molar-refractivity contribution < 1.29 is 0 Å². The van der Waals surface area contributed by atoms with Crippen LogP contribution >= 0.6 is 15.9 Å². The molecule has 0 bridgehead atoms. The Kier molecular flexibility index (Phi) is 3.05. The Labute approximate surface area is 102 Å². The fourth-order valence-electron chi connectivity index (χ4n) is 1.28. The van der Waals surface area contributed by atoms with Gasteiger partial charge >= 0.3 is 0 Å². The third-order valence-corrected chi connectivity index (χ3v) is 2.61. The highest BCUT2D eigenvalue weighted by Crippen LogP contribution is 2.24. The van der Waals surface area contributed by atoms with Crippen molar-refractivity contribution in [2.45, 2.75) is 6.92 Å². The maximum absolute atomic E-state index is 5.84. The number of pyridine rings is 2. The molecule has 0 aliphatic heterocycles. The van der Waals surface area contributed by atoms with Crippen LogP contribution in [0.15, 0.2) is 35.2 Å². The first-order chi connectivity index (χ1) is 7.66. The number of rotatable bonds is 2. The van der Waals surface area contributed by atoms with Gasteiger partial charge in [-0.2, -0.15) is 0 Å². The number of nitrogens with two attached hydrogens (primary N) is 1. The van der Waals surface area contributed by atoms with Gasteiger partial charge in [0.25, 0.3) is 0 Å². The van der Waals surface area contributed by atoms with Crippen LogP contribution in [-0.4, -0.2) is 9.97 Å². The van der Waals surface area contributed by atoms with Gasteiger partial charge in [-0.1, -0.05) is 0 Å². The second-order valence-corrected chi connectivity index (χ2v) is 4.32. The molecule has 0 spiro atoms. The quantitative estimate of drug-likeness (QED) is 0.887. The lowest BCUT2D eigenvalue weighted by Crippen LogP contribution is -2.00. The summed E-state index contributed by atoms with van der Waals surface area (Å²) in [6.07, 6.45) is 5.20. The van der Waals surface area contributed by atoms with Crippen molar-refractivity contribution in [2.75, 3.05) is 11.1 Å². The van der Waals surface area contributed by atoms with Crippen molar-refractivity contribution in [3.8, 4) is 0 Å². The van der Waals surface area contributed by atoms with Gasteiger partial charge in [-0.25, -0.2) is 4.98 Å². The summed E-state index contributed by atoms with van der Waals surface area (Å²) in [5.74, 6) is 0.638. The van der Waals surface area contributed by atoms with Crippen molar-refractivity contribution in [3.05, 3.63) is 40.8 Å². The van der Waals surface area contributed by atoms with Crippen LogP contribution in [0.4, 0.5) is 17.2 Å². The molecule has 0 atom stereocenters. The SMILES string of the molecule is Cc1ccncc1Nc1ncc(Br)cc1N. The second-order valence-electron chi connectivity index (χ2n) is 3.41. The maximum Gasteiger partial charge on any atom is 0.153 e. The lowest BCUT2D eigenvalue weighted by molar-refractivity contribution is 1.25. The molecule has 0 radical (unpaired) electrons. The number of nitrogen functional groups attached to an aromatic ring is 1. The molecule has 4 nitrogen and oxygen atoms in total. The minimum Gasteiger partial charge on any atom is -0.396 e. The number of aryl methyl sites for hydroxylation is 1. The molecule has 2 aromatic heterocycles. The van der Waals surface area contributed by atoms with Gasteiger partial charge in [0.15, 0.2) is 5.82 Å². The van der Waals surface area contributed by atoms with Crippen molar-refractivity contribution in [1.82, 2.24) is 9.97 Å². The van der Waals surface area contributed by atoms with E-state index in [0.29, 0.717) is 11.5 Å². The van der Waals surface area contributed by atoms with E-state index in [2.05, 4.69) is 31.2 Å². The molecule has 2 rings (SSSR count). The number of hydrogen-bond donors (Lipinski definition) is 2. The number of nitrogens with zero attached hydrogens (tertiary/aromatic N) is 2. The Morgan fingerprint density at radius 1 is 1.38 bits per heavy atom. The van der Waals surface area contributed by atoms with Crippen LogP contribution in [0.5, 0.6) is 0 Å². The summed E-state index contributed by atoms with van der Waals surface area (Å²) in [4.78, 5) is 8.25. The van der Waals surface area contributed by atoms with Gasteiger partial charge in [-0.15, -0.1) is 0 Å². The number of aromatic nitrogens is 2. The summed E-state index contributed by atoms with van der Waals surface area (Å²) in [5, 5.41) is 3.15. The molecule has 3 N–H and O–H groups in total. The Bertz CT molecular complexity index is 513. The fourth-order valence-corrected chi connectivity index (χ4v) is 1.63. The molecular formula is C11H11BrN4. The van der Waals surface area contributed by atoms with Crippen LogP contribution in [0.25, 0.3) is 0 Å². The van der Waals surface area contributed by atoms with Crippen LogP contribution in [0.1, 0.15) is 5.56 Å². The third-order valence-electron chi connectivity index (χ3n) is 2.18. The van der Waals surface area contributed by atoms with Crippen molar-refractivity contribution in [2.24, 2.45) is 0 Å². The standard InChI is InChI=1S/C11H11BrN4/c1-7-2-3-14-6-10(7)16-11-9(13)4-8(12)5-15-11/h2-6H,13H2,1H3,(H,15,16). The van der Waals surface area contributed by atoms with E-state index in [1.165, 1.54) is 0 Å². The zero-order chi connectivity index (χ0) is 11.5. The van der Waals surface area contributed by atoms with Gasteiger partial charge in [0.05, 0.1) is 17.6 Å². The predicted octanol–water partition coefficient (Wildman–Crippen LogP) is 2.87. The lowest BCUT2D eigenvalue weighted by atomic mass is 10.2. The zero-order valence-electron chi connectivity index (χ0n) is 8.74. The summed E-state index contributed by atoms with van der Waals surface area (Å²) in [6.45, 7) is 2.00. The van der Waals surface area contributed by atoms with Crippen LogP contribution in [-0.2, 0) is 0 Å². The topological polar surface area (TPSA) is 63.8 Å². The summed E-state index contributed by atoms with van der Waals surface area (Å²) in [6, 6.07) is 3.73. The highest BCUT2D eigenvalue weighted by molar-refractivity contribution is 9.10. The van der Waals surface area contributed by atoms with Gasteiger partial charge in [0.1, 0.15) is 0 Å². The maximum atomic E-state index is 5.84. The number of hydrogen-bond acceptors (Lipinski definition) is 4. The largest absolute Gasteiger partial charge is 0.396 e. The van der Waals surface area contributed by atoms with Gasteiger partial charge in [-0.05, 0) is 40.5 Å². The molecule has 0 aliphatic rings. The highest BCUT2D eigenvalue weighted by Gasteiger charge is 2.03. The van der Waals surface area contributed by atoms with Gasteiger partial charge < -0.3 is 11.1 Å². The first-order valence-electron chi connectivity index (χ1n) is 4.75. The molecule has 2 aromatic rings. The molecule has 16 heavy (non-hydrogen) atoms. The Morgan fingerprint density at radius 3 is 2.88 bits per heavy atom. The van der Waals surface area contributed by atoms with Crippen LogP contribution in [0, 0.1) is 6.92 Å². The average Bonchev–Trinajstić information content (AvgIpc) is 2.25. The van der Waals surface area contributed by atoms with E-state index >= 15 is 0 Å². The zero-order valence-corrected chi connectivity index (χ0v) is 10.3. The highest BCUT2D eigenvalue weighted by atomic mass is 79.9. The van der Waals surface area contributed by atoms with Gasteiger partial charge in [0, 0.05) is 16.9 Å². The molecule has 0 amide bonds. The van der Waals surface area contributed by atoms with Gasteiger partial charge in [-0.3, -0.25) is 4.98 Å². The number of nitrogens with one attached hydrogen (secondary N) is 1. The first kappa shape index (κ1) is 10.9. The van der Waals surface area contributed by atoms with Crippen molar-refractivity contribution >= 4 is 33.1 Å². The minimum absolute atomic E-state index is 0.595. The van der Waals surface area contributed by atoms with E-state index < -0.39 is 0 Å². The first-order valence-corrected chi connectivity index (χ1v) is 5.55. The molecular weight excluding hydrogens is 268 g/mol. The van der Waals surface area contributed by atoms with E-state index in [0.717, 1.165) is 15.7 Å². The molecule has 0 fully saturated rings. The minimum atomic E-state index is 0.595. The molecule has 0 aromatic carbocycles. The van der Waals surface area contributed by atoms with Crippen LogP contribution < -0.4 is 11.1 Å². The summed E-state index contributed by atoms with van der Waals surface area (Å²) in [7, 11) is 0. The smallest absolute Gasteiger partial charge is 0.153 e. The van der Waals surface area contributed by atoms with Crippen LogP contribution in [0.3, 0.4) is 0 Å². The number of halogens is 1. The average molecular weight is 279 g/mol.